The van der Waals surface area contributed by atoms with Gasteiger partial charge in [-0.1, -0.05) is 23.4 Å². The Morgan fingerprint density at radius 2 is 0.651 bits per heavy atom. The molecule has 728 valence electrons. The van der Waals surface area contributed by atoms with Gasteiger partial charge in [0.1, 0.15) is 17.7 Å². The minimum Gasteiger partial charge on any atom is -0.382 e. The van der Waals surface area contributed by atoms with Crippen LogP contribution < -0.4 is 11.1 Å². The highest BCUT2D eigenvalue weighted by molar-refractivity contribution is 9.59. The molecule has 0 radical (unpaired) electrons. The van der Waals surface area contributed by atoms with Gasteiger partial charge in [-0.3, -0.25) is 0 Å². The van der Waals surface area contributed by atoms with Crippen molar-refractivity contribution in [3.63, 3.8) is 0 Å². The van der Waals surface area contributed by atoms with Gasteiger partial charge in [0.05, 0.1) is 22.0 Å². The summed E-state index contributed by atoms with van der Waals surface area (Å²) in [7, 11) is 160. The number of sulfone groups is 1. The van der Waals surface area contributed by atoms with Crippen LogP contribution >= 0.6 is 686 Å². The lowest BCUT2D eigenvalue weighted by atomic mass is 10.1. The summed E-state index contributed by atoms with van der Waals surface area (Å²) in [4.78, 5) is 9.03. The summed E-state index contributed by atoms with van der Waals surface area (Å²) in [5, 5.41) is 6.45. The van der Waals surface area contributed by atoms with Crippen LogP contribution in [0, 0.1) is 5.82 Å². The average Bonchev–Trinajstić information content (AvgIpc) is 0.803. The zero-order valence-electron chi connectivity index (χ0n) is 66.0. The van der Waals surface area contributed by atoms with Crippen LogP contribution in [0.25, 0.3) is 34.0 Å². The fourth-order valence-corrected chi connectivity index (χ4v) is 1290. The van der Waals surface area contributed by atoms with Gasteiger partial charge in [-0.15, -0.1) is 393 Å². The largest absolute Gasteiger partial charge is 0.382 e. The number of nitrogen functional groups attached to an aromatic ring is 1. The van der Waals surface area contributed by atoms with E-state index < -0.39 is 104 Å². The lowest BCUT2D eigenvalue weighted by Gasteiger charge is -2.63. The molecule has 0 bridgehead atoms. The third-order valence-corrected chi connectivity index (χ3v) is 623. The van der Waals surface area contributed by atoms with Crippen LogP contribution in [0.15, 0.2) is 64.1 Å². The molecule has 2 aromatic heterocycles. The van der Waals surface area contributed by atoms with Crippen molar-refractivity contribution in [2.75, 3.05) is 25.5 Å². The molecular formula is C28H117F2N5O4P86S. The van der Waals surface area contributed by atoms with Crippen LogP contribution in [-0.4, -0.2) is 54.7 Å². The molecule has 1 aliphatic heterocycles. The van der Waals surface area contributed by atoms with E-state index in [-0.39, 0.29) is 257 Å². The van der Waals surface area contributed by atoms with Crippen molar-refractivity contribution in [1.82, 2.24) is 20.4 Å². The first-order chi connectivity index (χ1) is 58.3. The number of aromatic nitrogens is 3. The number of nitrogens with two attached hydrogens (primary N) is 1. The number of nitrogens with zero attached hydrogens (tertiary/aromatic N) is 3. The quantitative estimate of drug-likeness (QED) is 0.0415. The summed E-state index contributed by atoms with van der Waals surface area (Å²) in [6, 6.07) is 12.6. The lowest BCUT2D eigenvalue weighted by Crippen LogP contribution is -2.28. The van der Waals surface area contributed by atoms with Crippen LogP contribution in [-0.2, 0) is 21.1 Å². The van der Waals surface area contributed by atoms with Crippen molar-refractivity contribution in [3.05, 3.63) is 66.1 Å². The van der Waals surface area contributed by atoms with Crippen LogP contribution in [0.5, 0.6) is 0 Å². The van der Waals surface area contributed by atoms with Crippen molar-refractivity contribution >= 4 is 702 Å². The van der Waals surface area contributed by atoms with E-state index in [2.05, 4.69) is 413 Å². The Kier molecular flexibility index (Phi) is 95.2. The molecule has 0 spiro atoms. The smallest absolute Gasteiger partial charge is 0.189 e. The molecule has 46 atom stereocenters. The lowest BCUT2D eigenvalue weighted by molar-refractivity contribution is 0.0983. The number of ether oxygens (including phenoxy) is 1. The molecule has 3 N–H and O–H groups in total. The van der Waals surface area contributed by atoms with Gasteiger partial charge in [-0.25, -0.2) is 27.2 Å². The maximum absolute atomic E-state index is 14.8. The van der Waals surface area contributed by atoms with E-state index in [0.29, 0.717) is 49.4 Å². The number of halogens is 2. The van der Waals surface area contributed by atoms with E-state index in [1.807, 2.05) is 0 Å². The van der Waals surface area contributed by atoms with E-state index in [1.54, 1.807) is 36.4 Å². The number of nitrogens with one attached hydrogen (secondary N) is 1. The summed E-state index contributed by atoms with van der Waals surface area (Å²) in [6.45, 7) is -13.2. The molecule has 0 amide bonds. The van der Waals surface area contributed by atoms with Gasteiger partial charge in [0.2, 0.25) is 0 Å². The topological polar surface area (TPSA) is 133 Å². The molecule has 126 heavy (non-hydrogen) atoms. The Morgan fingerprint density at radius 3 is 0.905 bits per heavy atom. The molecule has 1 fully saturated rings. The maximum atomic E-state index is 14.8. The Labute approximate surface area is 904 Å². The highest BCUT2D eigenvalue weighted by Crippen LogP contribution is 3.53. The Bertz CT molecular complexity index is 3540. The molecule has 1 saturated heterocycles. The zero-order valence-corrected chi connectivity index (χ0v) is 155. The summed E-state index contributed by atoms with van der Waals surface area (Å²) >= 11 is 0. The molecule has 2 aromatic carbocycles. The van der Waals surface area contributed by atoms with Gasteiger partial charge in [0.15, 0.2) is 27.1 Å². The van der Waals surface area contributed by atoms with Crippen molar-refractivity contribution in [1.29, 1.82) is 0 Å². The highest BCUT2D eigenvalue weighted by Gasteiger charge is 2.66. The van der Waals surface area contributed by atoms with Crippen molar-refractivity contribution in [2.45, 2.75) is 42.6 Å². The molecule has 98 heteroatoms. The minimum absolute atomic E-state index is 0.0918. The molecule has 5 rings (SSSR count). The van der Waals surface area contributed by atoms with Crippen LogP contribution in [0.1, 0.15) is 25.3 Å². The number of alkyl halides is 1. The van der Waals surface area contributed by atoms with Gasteiger partial charge in [0.25, 0.3) is 0 Å². The second kappa shape index (κ2) is 79.2. The van der Waals surface area contributed by atoms with Crippen molar-refractivity contribution in [3.8, 4) is 34.0 Å². The van der Waals surface area contributed by atoms with Gasteiger partial charge >= 0.3 is 0 Å². The van der Waals surface area contributed by atoms with E-state index in [0.717, 1.165) is 0 Å². The molecule has 0 saturated carbocycles. The first-order valence-electron chi connectivity index (χ1n) is 32.4. The Hall–Kier alpha value is 33.2. The minimum atomic E-state index is -3.47. The van der Waals surface area contributed by atoms with Crippen LogP contribution in [0.2, 0.25) is 0 Å². The fourth-order valence-electron chi connectivity index (χ4n) is 9.79. The Balaban J connectivity index is 0.000000680. The first-order valence-corrected chi connectivity index (χ1v) is 190. The third kappa shape index (κ3) is 48.9. The number of hydrogen-bond donors (Lipinski definition) is 2. The number of rotatable bonds is 50. The van der Waals surface area contributed by atoms with Gasteiger partial charge in [-0.2, -0.15) is 0 Å². The predicted molar refractivity (Wildman–Crippen MR) is 864 cm³/mol. The second-order valence-corrected chi connectivity index (χ2v) is 383. The SMILES string of the molecule is CC(F)CNCc1ccc(-c2cc(-c3nc(-c4ccc(S(=O)(=O)C5CCOCC5)cc4)cnc3N)on2)c(F)c1.PP(P)P(P(P)P)P(P(P(P)P)P(P)P)P(P(P(P)P)P(P)P)P(P(P(P(P(P)P)P(P)P)P(P(P)P)P(P)P)P(P(P(P)P)P(P)P)P(P(P)P)P(P)P)P(P(P(P(P)P)P(P)P)P(P(P)P)P(P)P)P(P(P(P)P)P(P)P)P(P(P)P)P(P)P. The van der Waals surface area contributed by atoms with E-state index >= 15 is 0 Å². The predicted octanol–water partition coefficient (Wildman–Crippen LogP) is 55.1. The standard InChI is InChI=1S/C28H29F2N5O4S.H88P86/c1-17(29)14-32-15-18-2-7-22(23(30)12-18)24-13-26(39-35-24)27-28(31)33-16-25(34-27)19-3-5-20(6-4-19)40(36,37)21-8-10-38-11-9-21;1-45(2)67(46(3)4)78(68(47(5)6)48(7)8)83(77(65(41)42)66(43)44)86(84(79(69(49(9)10)50(11)12)70(51(13)14)52(15)16)80(71(53(17)18)54(19)20)72(55(21)22)56(23)24)85(81(73(57(25)26)58(27)28)74(59(29)30)60(31)32)82(75(61(33)34)62(35)36)76(63(37)38)64(39)40/h2-7,12-13,16-17,21,32H,8-11,14-15H2,1H3,(H2,31,33);1-44H2. The molecule has 1 aliphatic rings. The zero-order chi connectivity index (χ0) is 96.5. The van der Waals surface area contributed by atoms with E-state index in [4.69, 9.17) is 15.0 Å². The number of benzene rings is 2. The van der Waals surface area contributed by atoms with Crippen LogP contribution in [0.3, 0.4) is 0 Å². The number of anilines is 1. The molecule has 9 nitrogen and oxygen atoms in total. The molecule has 4 aromatic rings. The molecular weight excluding hydrogens is 3200 g/mol. The molecule has 46 unspecified atom stereocenters. The number of hydrogen-bond acceptors (Lipinski definition) is 9. The van der Waals surface area contributed by atoms with E-state index in [1.165, 1.54) is 25.3 Å². The fraction of sp³-hybridized carbons (Fsp3) is 0.321. The average molecular weight is 3320 g/mol. The summed E-state index contributed by atoms with van der Waals surface area (Å²) in [6.07, 6.45) is 1.43. The summed E-state index contributed by atoms with van der Waals surface area (Å²) < 4.78 is 64.5. The Morgan fingerprint density at radius 1 is 0.389 bits per heavy atom. The highest BCUT2D eigenvalue weighted by atomic mass is 33.6. The van der Waals surface area contributed by atoms with E-state index in [9.17, 15) is 17.2 Å². The first kappa shape index (κ1) is 151. The molecule has 3 heterocycles. The van der Waals surface area contributed by atoms with Gasteiger partial charge in [-0.05, 0) is 343 Å². The van der Waals surface area contributed by atoms with Crippen molar-refractivity contribution in [2.24, 2.45) is 0 Å². The monoisotopic (exact) mass is 3320 g/mol. The van der Waals surface area contributed by atoms with Crippen molar-refractivity contribution < 1.29 is 26.5 Å². The summed E-state index contributed by atoms with van der Waals surface area (Å²) in [5.41, 5.74) is 8.51. The maximum Gasteiger partial charge on any atom is 0.189 e. The second-order valence-electron chi connectivity index (χ2n) is 23.4. The summed E-state index contributed by atoms with van der Waals surface area (Å²) in [5.74, 6) is -0.215. The normalized spacial score (nSPS) is 15.1. The third-order valence-electron chi connectivity index (χ3n) is 14.3. The van der Waals surface area contributed by atoms with Gasteiger partial charge < -0.3 is 20.3 Å². The van der Waals surface area contributed by atoms with Gasteiger partial charge in [0, 0.05) is 43.5 Å². The van der Waals surface area contributed by atoms with Crippen LogP contribution in [0.4, 0.5) is 14.6 Å². The molecule has 0 aliphatic carbocycles.